The van der Waals surface area contributed by atoms with E-state index < -0.39 is 17.9 Å². The van der Waals surface area contributed by atoms with Crippen molar-refractivity contribution in [1.82, 2.24) is 10.2 Å². The van der Waals surface area contributed by atoms with Gasteiger partial charge < -0.3 is 20.2 Å². The van der Waals surface area contributed by atoms with E-state index >= 15 is 0 Å². The molecule has 2 amide bonds. The third-order valence-corrected chi connectivity index (χ3v) is 5.77. The number of hydrogen-bond donors (Lipinski definition) is 2. The highest BCUT2D eigenvalue weighted by Gasteiger charge is 2.25. The number of carboxylic acids is 1. The van der Waals surface area contributed by atoms with Gasteiger partial charge in [-0.15, -0.1) is 0 Å². The molecule has 0 aromatic heterocycles. The summed E-state index contributed by atoms with van der Waals surface area (Å²) in [4.78, 5) is 40.5. The molecule has 0 aliphatic carbocycles. The van der Waals surface area contributed by atoms with E-state index in [0.29, 0.717) is 18.7 Å². The topological polar surface area (TPSA) is 90.0 Å². The minimum Gasteiger partial charge on any atom is -0.480 e. The maximum absolute atomic E-state index is 12.6. The van der Waals surface area contributed by atoms with Gasteiger partial charge in [0, 0.05) is 43.9 Å². The number of aryl methyl sites for hydroxylation is 2. The molecule has 0 unspecified atom stereocenters. The summed E-state index contributed by atoms with van der Waals surface area (Å²) in [6.45, 7) is 6.85. The van der Waals surface area contributed by atoms with Crippen LogP contribution in [-0.2, 0) is 9.59 Å². The van der Waals surface area contributed by atoms with Crippen LogP contribution in [0.5, 0.6) is 0 Å². The van der Waals surface area contributed by atoms with E-state index in [1.54, 1.807) is 35.2 Å². The summed E-state index contributed by atoms with van der Waals surface area (Å²) in [5.74, 6) is -1.68. The van der Waals surface area contributed by atoms with Crippen molar-refractivity contribution < 1.29 is 19.5 Å². The molecule has 0 radical (unpaired) electrons. The number of carbonyl (C=O) groups excluding carboxylic acids is 2. The monoisotopic (exact) mass is 423 g/mol. The molecule has 164 valence electrons. The van der Waals surface area contributed by atoms with Crippen molar-refractivity contribution in [1.29, 1.82) is 0 Å². The molecule has 1 atom stereocenters. The van der Waals surface area contributed by atoms with Gasteiger partial charge in [0.25, 0.3) is 5.91 Å². The van der Waals surface area contributed by atoms with Crippen molar-refractivity contribution in [3.8, 4) is 0 Å². The largest absolute Gasteiger partial charge is 0.480 e. The quantitative estimate of drug-likeness (QED) is 0.715. The van der Waals surface area contributed by atoms with Crippen LogP contribution in [0.3, 0.4) is 0 Å². The van der Waals surface area contributed by atoms with Crippen LogP contribution in [0, 0.1) is 13.8 Å². The number of amides is 2. The van der Waals surface area contributed by atoms with E-state index in [4.69, 9.17) is 0 Å². The summed E-state index contributed by atoms with van der Waals surface area (Å²) in [6, 6.07) is 13.7. The summed E-state index contributed by atoms with van der Waals surface area (Å²) in [5.41, 5.74) is 4.05. The minimum atomic E-state index is -1.14. The van der Waals surface area contributed by atoms with Crippen LogP contribution >= 0.6 is 0 Å². The second kappa shape index (κ2) is 10.1. The summed E-state index contributed by atoms with van der Waals surface area (Å²) < 4.78 is 0. The van der Waals surface area contributed by atoms with Gasteiger partial charge in [-0.1, -0.05) is 24.3 Å². The van der Waals surface area contributed by atoms with Gasteiger partial charge in [0.1, 0.15) is 6.04 Å². The zero-order chi connectivity index (χ0) is 22.4. The Hall–Kier alpha value is -3.35. The van der Waals surface area contributed by atoms with Gasteiger partial charge in [0.2, 0.25) is 5.91 Å². The first-order valence-electron chi connectivity index (χ1n) is 10.5. The Kier molecular flexibility index (Phi) is 7.28. The predicted molar refractivity (Wildman–Crippen MR) is 119 cm³/mol. The molecular formula is C24H29N3O4. The molecule has 2 aromatic rings. The molecule has 31 heavy (non-hydrogen) atoms. The lowest BCUT2D eigenvalue weighted by Crippen LogP contribution is -2.49. The van der Waals surface area contributed by atoms with E-state index in [1.165, 1.54) is 11.1 Å². The summed E-state index contributed by atoms with van der Waals surface area (Å²) >= 11 is 0. The number of piperazine rings is 1. The van der Waals surface area contributed by atoms with Crippen LogP contribution in [-0.4, -0.2) is 60.0 Å². The number of aliphatic carboxylic acids is 1. The molecule has 1 aliphatic heterocycles. The highest BCUT2D eigenvalue weighted by molar-refractivity contribution is 5.96. The van der Waals surface area contributed by atoms with Crippen LogP contribution in [0.2, 0.25) is 0 Å². The van der Waals surface area contributed by atoms with E-state index in [0.717, 1.165) is 18.8 Å². The maximum Gasteiger partial charge on any atom is 0.326 e. The van der Waals surface area contributed by atoms with Crippen molar-refractivity contribution in [2.75, 3.05) is 31.1 Å². The molecule has 2 N–H and O–H groups in total. The van der Waals surface area contributed by atoms with Crippen molar-refractivity contribution in [3.63, 3.8) is 0 Å². The SMILES string of the molecule is Cc1ccc(N2CCN(C(=O)CC[C@H](NC(=O)c3ccccc3)C(=O)O)CC2)cc1C. The smallest absolute Gasteiger partial charge is 0.326 e. The lowest BCUT2D eigenvalue weighted by atomic mass is 10.1. The van der Waals surface area contributed by atoms with E-state index in [-0.39, 0.29) is 18.7 Å². The predicted octanol–water partition coefficient (Wildman–Crippen LogP) is 2.62. The van der Waals surface area contributed by atoms with Crippen LogP contribution in [0.25, 0.3) is 0 Å². The van der Waals surface area contributed by atoms with Crippen molar-refractivity contribution >= 4 is 23.5 Å². The first kappa shape index (κ1) is 22.3. The van der Waals surface area contributed by atoms with Gasteiger partial charge in [-0.3, -0.25) is 9.59 Å². The Morgan fingerprint density at radius 3 is 2.26 bits per heavy atom. The Bertz CT molecular complexity index is 937. The van der Waals surface area contributed by atoms with Crippen LogP contribution in [0.4, 0.5) is 5.69 Å². The zero-order valence-electron chi connectivity index (χ0n) is 18.0. The van der Waals surface area contributed by atoms with Crippen LogP contribution < -0.4 is 10.2 Å². The lowest BCUT2D eigenvalue weighted by molar-refractivity contribution is -0.139. The highest BCUT2D eigenvalue weighted by Crippen LogP contribution is 2.20. The number of nitrogens with zero attached hydrogens (tertiary/aromatic N) is 2. The molecule has 1 saturated heterocycles. The van der Waals surface area contributed by atoms with Gasteiger partial charge in [-0.2, -0.15) is 0 Å². The van der Waals surface area contributed by atoms with Crippen LogP contribution in [0.1, 0.15) is 34.3 Å². The first-order chi connectivity index (χ1) is 14.8. The molecule has 0 spiro atoms. The Morgan fingerprint density at radius 1 is 0.968 bits per heavy atom. The van der Waals surface area contributed by atoms with E-state index in [9.17, 15) is 19.5 Å². The molecule has 0 saturated carbocycles. The fourth-order valence-electron chi connectivity index (χ4n) is 3.65. The minimum absolute atomic E-state index is 0.0596. The number of carbonyl (C=O) groups is 3. The first-order valence-corrected chi connectivity index (χ1v) is 10.5. The summed E-state index contributed by atoms with van der Waals surface area (Å²) in [5, 5.41) is 12.0. The Labute approximate surface area is 182 Å². The molecule has 2 aromatic carbocycles. The molecule has 1 heterocycles. The van der Waals surface area contributed by atoms with Gasteiger partial charge in [-0.25, -0.2) is 4.79 Å². The van der Waals surface area contributed by atoms with Crippen LogP contribution in [0.15, 0.2) is 48.5 Å². The normalized spacial score (nSPS) is 14.8. The average molecular weight is 424 g/mol. The second-order valence-electron chi connectivity index (χ2n) is 7.91. The summed E-state index contributed by atoms with van der Waals surface area (Å²) in [7, 11) is 0. The number of rotatable bonds is 7. The summed E-state index contributed by atoms with van der Waals surface area (Å²) in [6.07, 6.45) is 0.139. The third kappa shape index (κ3) is 5.84. The molecule has 3 rings (SSSR count). The molecular weight excluding hydrogens is 394 g/mol. The number of carboxylic acid groups (broad SMARTS) is 1. The molecule has 0 bridgehead atoms. The van der Waals surface area contributed by atoms with E-state index in [2.05, 4.69) is 42.3 Å². The number of benzene rings is 2. The van der Waals surface area contributed by atoms with Gasteiger partial charge >= 0.3 is 5.97 Å². The van der Waals surface area contributed by atoms with Crippen molar-refractivity contribution in [2.24, 2.45) is 0 Å². The second-order valence-corrected chi connectivity index (χ2v) is 7.91. The zero-order valence-corrected chi connectivity index (χ0v) is 18.0. The standard InChI is InChI=1S/C24H29N3O4/c1-17-8-9-20(16-18(17)2)26-12-14-27(15-13-26)22(28)11-10-21(24(30)31)25-23(29)19-6-4-3-5-7-19/h3-9,16,21H,10-15H2,1-2H3,(H,25,29)(H,30,31)/t21-/m0/s1. The van der Waals surface area contributed by atoms with Gasteiger partial charge in [0.15, 0.2) is 0 Å². The Morgan fingerprint density at radius 2 is 1.65 bits per heavy atom. The van der Waals surface area contributed by atoms with Gasteiger partial charge in [0.05, 0.1) is 0 Å². The molecule has 7 nitrogen and oxygen atoms in total. The van der Waals surface area contributed by atoms with Crippen molar-refractivity contribution in [2.45, 2.75) is 32.7 Å². The number of hydrogen-bond acceptors (Lipinski definition) is 4. The Balaban J connectivity index is 1.49. The van der Waals surface area contributed by atoms with Gasteiger partial charge in [-0.05, 0) is 55.7 Å². The fraction of sp³-hybridized carbons (Fsp3) is 0.375. The number of nitrogens with one attached hydrogen (secondary N) is 1. The molecule has 1 fully saturated rings. The highest BCUT2D eigenvalue weighted by atomic mass is 16.4. The average Bonchev–Trinajstić information content (AvgIpc) is 2.78. The number of anilines is 1. The third-order valence-electron chi connectivity index (χ3n) is 5.77. The molecule has 1 aliphatic rings. The lowest BCUT2D eigenvalue weighted by Gasteiger charge is -2.36. The van der Waals surface area contributed by atoms with Crippen molar-refractivity contribution in [3.05, 3.63) is 65.2 Å². The molecule has 7 heteroatoms. The maximum atomic E-state index is 12.6. The van der Waals surface area contributed by atoms with E-state index in [1.807, 2.05) is 0 Å². The fourth-order valence-corrected chi connectivity index (χ4v) is 3.65.